The summed E-state index contributed by atoms with van der Waals surface area (Å²) in [4.78, 5) is 0.150. The highest BCUT2D eigenvalue weighted by atomic mass is 32.2. The van der Waals surface area contributed by atoms with E-state index >= 15 is 0 Å². The Morgan fingerprint density at radius 2 is 1.57 bits per heavy atom. The number of benzene rings is 2. The van der Waals surface area contributed by atoms with Crippen LogP contribution in [0.25, 0.3) is 0 Å². The van der Waals surface area contributed by atoms with Crippen molar-refractivity contribution in [1.82, 2.24) is 0 Å². The summed E-state index contributed by atoms with van der Waals surface area (Å²) in [5.74, 6) is 2.56. The Bertz CT molecular complexity index is 824. The van der Waals surface area contributed by atoms with Gasteiger partial charge in [0.1, 0.15) is 5.60 Å². The van der Waals surface area contributed by atoms with Gasteiger partial charge in [-0.3, -0.25) is 0 Å². The molecule has 0 aliphatic heterocycles. The molecule has 0 amide bonds. The van der Waals surface area contributed by atoms with Gasteiger partial charge in [-0.25, -0.2) is 8.42 Å². The molecule has 0 aliphatic carbocycles. The molecule has 0 atom stereocenters. The van der Waals surface area contributed by atoms with Gasteiger partial charge in [-0.15, -0.1) is 0 Å². The van der Waals surface area contributed by atoms with Crippen molar-refractivity contribution in [2.75, 3.05) is 4.31 Å². The van der Waals surface area contributed by atoms with Crippen molar-refractivity contribution in [1.29, 1.82) is 0 Å². The molecule has 4 nitrogen and oxygen atoms in total. The average Bonchev–Trinajstić information content (AvgIpc) is 2.47. The zero-order chi connectivity index (χ0) is 17.1. The lowest BCUT2D eigenvalue weighted by Gasteiger charge is -2.19. The van der Waals surface area contributed by atoms with Gasteiger partial charge in [0, 0.05) is 6.04 Å². The van der Waals surface area contributed by atoms with E-state index in [2.05, 4.69) is 12.0 Å². The van der Waals surface area contributed by atoms with Crippen molar-refractivity contribution < 1.29 is 13.5 Å². The third-order valence-electron chi connectivity index (χ3n) is 3.01. The minimum absolute atomic E-state index is 0.150. The van der Waals surface area contributed by atoms with Crippen LogP contribution in [0.3, 0.4) is 0 Å². The molecule has 2 aromatic rings. The number of sulfonamides is 1. The van der Waals surface area contributed by atoms with Gasteiger partial charge in [0.25, 0.3) is 10.0 Å². The first kappa shape index (κ1) is 17.1. The Morgan fingerprint density at radius 1 is 1.00 bits per heavy atom. The molecule has 0 fully saturated rings. The first-order valence-corrected chi connectivity index (χ1v) is 8.56. The van der Waals surface area contributed by atoms with E-state index in [9.17, 15) is 13.5 Å². The molecule has 2 rings (SSSR count). The summed E-state index contributed by atoms with van der Waals surface area (Å²) in [6, 6.07) is 17.7. The molecule has 120 valence electrons. The lowest BCUT2D eigenvalue weighted by Crippen LogP contribution is -2.27. The normalized spacial score (nSPS) is 11.5. The molecule has 0 aromatic heterocycles. The standard InChI is InChI=1S/C18H19NO3S/c1-15-9-11-17(12-10-15)23(21,22)19(14-13-18(2,3)20)16-7-5-4-6-8-16/h4-12,20H,1-3H3. The van der Waals surface area contributed by atoms with E-state index in [0.717, 1.165) is 9.87 Å². The molecule has 5 heteroatoms. The third-order valence-corrected chi connectivity index (χ3v) is 4.66. The second kappa shape index (κ2) is 6.45. The monoisotopic (exact) mass is 329 g/mol. The molecule has 0 saturated carbocycles. The fourth-order valence-corrected chi connectivity index (χ4v) is 3.09. The summed E-state index contributed by atoms with van der Waals surface area (Å²) in [7, 11) is -3.84. The Kier molecular flexibility index (Phi) is 4.79. The fraction of sp³-hybridized carbons (Fsp3) is 0.222. The maximum atomic E-state index is 12.9. The summed E-state index contributed by atoms with van der Waals surface area (Å²) in [5.41, 5.74) is 0.0955. The number of aryl methyl sites for hydroxylation is 1. The molecule has 23 heavy (non-hydrogen) atoms. The van der Waals surface area contributed by atoms with Crippen LogP contribution in [0.1, 0.15) is 19.4 Å². The molecule has 0 spiro atoms. The second-order valence-corrected chi connectivity index (χ2v) is 7.50. The molecular weight excluding hydrogens is 310 g/mol. The quantitative estimate of drug-likeness (QED) is 0.696. The Morgan fingerprint density at radius 3 is 2.09 bits per heavy atom. The SMILES string of the molecule is Cc1ccc(S(=O)(=O)N(C#CC(C)(C)O)c2ccccc2)cc1. The van der Waals surface area contributed by atoms with E-state index in [1.54, 1.807) is 54.6 Å². The predicted molar refractivity (Wildman–Crippen MR) is 91.4 cm³/mol. The largest absolute Gasteiger partial charge is 0.378 e. The van der Waals surface area contributed by atoms with Crippen molar-refractivity contribution in [3.05, 3.63) is 60.2 Å². The van der Waals surface area contributed by atoms with Crippen LogP contribution in [0.2, 0.25) is 0 Å². The molecule has 0 saturated heterocycles. The maximum absolute atomic E-state index is 12.9. The van der Waals surface area contributed by atoms with Crippen molar-refractivity contribution in [2.24, 2.45) is 0 Å². The molecule has 0 unspecified atom stereocenters. The molecule has 0 bridgehead atoms. The van der Waals surface area contributed by atoms with Crippen LogP contribution in [-0.2, 0) is 10.0 Å². The highest BCUT2D eigenvalue weighted by Crippen LogP contribution is 2.23. The van der Waals surface area contributed by atoms with Crippen LogP contribution in [0.15, 0.2) is 59.5 Å². The summed E-state index contributed by atoms with van der Waals surface area (Å²) in [5, 5.41) is 9.79. The van der Waals surface area contributed by atoms with Crippen molar-refractivity contribution >= 4 is 15.7 Å². The first-order chi connectivity index (χ1) is 10.7. The van der Waals surface area contributed by atoms with Gasteiger partial charge in [-0.1, -0.05) is 35.9 Å². The molecule has 1 N–H and O–H groups in total. The minimum atomic E-state index is -3.84. The van der Waals surface area contributed by atoms with E-state index in [4.69, 9.17) is 0 Å². The van der Waals surface area contributed by atoms with Gasteiger partial charge in [0.15, 0.2) is 0 Å². The number of rotatable bonds is 3. The highest BCUT2D eigenvalue weighted by Gasteiger charge is 2.24. The molecule has 0 aliphatic rings. The van der Waals surface area contributed by atoms with Gasteiger partial charge in [0.05, 0.1) is 10.6 Å². The zero-order valence-electron chi connectivity index (χ0n) is 13.3. The number of para-hydroxylation sites is 1. The Hall–Kier alpha value is -2.29. The van der Waals surface area contributed by atoms with Gasteiger partial charge in [-0.2, -0.15) is 4.31 Å². The summed E-state index contributed by atoms with van der Waals surface area (Å²) in [6.45, 7) is 4.89. The topological polar surface area (TPSA) is 57.6 Å². The molecule has 0 radical (unpaired) electrons. The lowest BCUT2D eigenvalue weighted by molar-refractivity contribution is 0.143. The zero-order valence-corrected chi connectivity index (χ0v) is 14.1. The van der Waals surface area contributed by atoms with E-state index in [1.807, 2.05) is 6.92 Å². The second-order valence-electron chi connectivity index (χ2n) is 5.71. The van der Waals surface area contributed by atoms with Crippen molar-refractivity contribution in [3.8, 4) is 12.0 Å². The number of aliphatic hydroxyl groups is 1. The Balaban J connectivity index is 2.56. The van der Waals surface area contributed by atoms with Crippen molar-refractivity contribution in [2.45, 2.75) is 31.3 Å². The van der Waals surface area contributed by atoms with E-state index in [0.29, 0.717) is 5.69 Å². The van der Waals surface area contributed by atoms with Gasteiger partial charge < -0.3 is 5.11 Å². The van der Waals surface area contributed by atoms with Crippen LogP contribution < -0.4 is 4.31 Å². The molecular formula is C18H19NO3S. The lowest BCUT2D eigenvalue weighted by atomic mass is 10.2. The molecule has 0 heterocycles. The predicted octanol–water partition coefficient (Wildman–Crippen LogP) is 2.92. The Labute approximate surface area is 137 Å². The fourth-order valence-electron chi connectivity index (χ4n) is 1.83. The number of hydrogen-bond acceptors (Lipinski definition) is 3. The number of anilines is 1. The third kappa shape index (κ3) is 4.35. The smallest absolute Gasteiger partial charge is 0.275 e. The van der Waals surface area contributed by atoms with Gasteiger partial charge in [-0.05, 0) is 51.0 Å². The van der Waals surface area contributed by atoms with Gasteiger partial charge in [0.2, 0.25) is 0 Å². The van der Waals surface area contributed by atoms with Gasteiger partial charge >= 0.3 is 0 Å². The average molecular weight is 329 g/mol. The van der Waals surface area contributed by atoms with E-state index < -0.39 is 15.6 Å². The summed E-state index contributed by atoms with van der Waals surface area (Å²) < 4.78 is 26.8. The first-order valence-electron chi connectivity index (χ1n) is 7.12. The summed E-state index contributed by atoms with van der Waals surface area (Å²) >= 11 is 0. The maximum Gasteiger partial charge on any atom is 0.275 e. The van der Waals surface area contributed by atoms with Crippen LogP contribution in [0.5, 0.6) is 0 Å². The molecule has 2 aromatic carbocycles. The van der Waals surface area contributed by atoms with Crippen LogP contribution in [-0.4, -0.2) is 19.1 Å². The van der Waals surface area contributed by atoms with Crippen molar-refractivity contribution in [3.63, 3.8) is 0 Å². The van der Waals surface area contributed by atoms with E-state index in [1.165, 1.54) is 13.8 Å². The van der Waals surface area contributed by atoms with Crippen LogP contribution in [0, 0.1) is 18.9 Å². The highest BCUT2D eigenvalue weighted by molar-refractivity contribution is 7.93. The van der Waals surface area contributed by atoms with Crippen LogP contribution in [0.4, 0.5) is 5.69 Å². The number of hydrogen-bond donors (Lipinski definition) is 1. The minimum Gasteiger partial charge on any atom is -0.378 e. The van der Waals surface area contributed by atoms with E-state index in [-0.39, 0.29) is 4.90 Å². The summed E-state index contributed by atoms with van der Waals surface area (Å²) in [6.07, 6.45) is 0. The number of nitrogens with zero attached hydrogens (tertiary/aromatic N) is 1. The van der Waals surface area contributed by atoms with Crippen LogP contribution >= 0.6 is 0 Å².